The van der Waals surface area contributed by atoms with Crippen molar-refractivity contribution in [1.29, 1.82) is 0 Å². The van der Waals surface area contributed by atoms with Crippen LogP contribution in [0.4, 0.5) is 15.0 Å². The van der Waals surface area contributed by atoms with E-state index in [1.165, 1.54) is 19.2 Å². The van der Waals surface area contributed by atoms with Gasteiger partial charge < -0.3 is 24.8 Å². The standard InChI is InChI=1S/C24H27FN8O2/c1-26-21-19(12-20(31-21)17-14-28-23(35-3)29-15-17)22(27-2)32-8-10-33(11-9-32)24(34)30-13-16-4-6-18(25)7-5-16/h4-7,12,14-15,31H,1,8-11,13H2,2-3H3,(H,30,34). The predicted octanol–water partition coefficient (Wildman–Crippen LogP) is 2.86. The number of ether oxygens (including phenoxy) is 1. The molecule has 0 unspecified atom stereocenters. The molecule has 2 amide bonds. The van der Waals surface area contributed by atoms with Crippen LogP contribution in [0.5, 0.6) is 6.01 Å². The summed E-state index contributed by atoms with van der Waals surface area (Å²) in [7, 11) is 3.24. The van der Waals surface area contributed by atoms with Gasteiger partial charge in [0.2, 0.25) is 0 Å². The number of carbonyl (C=O) groups is 1. The number of hydrogen-bond donors (Lipinski definition) is 2. The molecular formula is C24H27FN8O2. The van der Waals surface area contributed by atoms with Crippen LogP contribution in [0.2, 0.25) is 0 Å². The van der Waals surface area contributed by atoms with Crippen molar-refractivity contribution in [3.8, 4) is 17.3 Å². The number of nitrogens with one attached hydrogen (secondary N) is 2. The minimum Gasteiger partial charge on any atom is -0.467 e. The lowest BCUT2D eigenvalue weighted by Gasteiger charge is -2.36. The van der Waals surface area contributed by atoms with Gasteiger partial charge >= 0.3 is 12.0 Å². The van der Waals surface area contributed by atoms with Crippen molar-refractivity contribution in [2.75, 3.05) is 40.3 Å². The number of H-pyrrole nitrogens is 1. The quantitative estimate of drug-likeness (QED) is 0.418. The van der Waals surface area contributed by atoms with E-state index in [9.17, 15) is 9.18 Å². The molecule has 0 spiro atoms. The molecule has 1 saturated heterocycles. The van der Waals surface area contributed by atoms with Crippen LogP contribution in [0.3, 0.4) is 0 Å². The van der Waals surface area contributed by atoms with Gasteiger partial charge in [-0.25, -0.2) is 24.1 Å². The smallest absolute Gasteiger partial charge is 0.317 e. The molecule has 3 heterocycles. The molecule has 1 aromatic carbocycles. The SMILES string of the molecule is C=Nc1[nH]c(-c2cnc(OC)nc2)cc1C(=NC)N1CCN(C(=O)NCc2ccc(F)cc2)CC1. The van der Waals surface area contributed by atoms with Gasteiger partial charge in [0.05, 0.1) is 18.4 Å². The van der Waals surface area contributed by atoms with Gasteiger partial charge in [-0.1, -0.05) is 12.1 Å². The Morgan fingerprint density at radius 3 is 2.43 bits per heavy atom. The third-order valence-electron chi connectivity index (χ3n) is 5.75. The van der Waals surface area contributed by atoms with Crippen molar-refractivity contribution in [3.05, 3.63) is 59.7 Å². The molecule has 0 radical (unpaired) electrons. The van der Waals surface area contributed by atoms with E-state index in [4.69, 9.17) is 4.74 Å². The minimum absolute atomic E-state index is 0.152. The van der Waals surface area contributed by atoms with E-state index in [1.54, 1.807) is 36.5 Å². The van der Waals surface area contributed by atoms with Crippen molar-refractivity contribution in [1.82, 2.24) is 30.1 Å². The lowest BCUT2D eigenvalue weighted by molar-refractivity contribution is 0.169. The third kappa shape index (κ3) is 5.45. The molecule has 3 aromatic rings. The van der Waals surface area contributed by atoms with Crippen molar-refractivity contribution >= 4 is 24.4 Å². The molecule has 182 valence electrons. The maximum absolute atomic E-state index is 13.1. The van der Waals surface area contributed by atoms with Crippen molar-refractivity contribution in [2.45, 2.75) is 6.54 Å². The fourth-order valence-electron chi connectivity index (χ4n) is 3.90. The zero-order valence-corrected chi connectivity index (χ0v) is 19.7. The van der Waals surface area contributed by atoms with Gasteiger partial charge in [-0.3, -0.25) is 4.99 Å². The topological polar surface area (TPSA) is 111 Å². The Labute approximate surface area is 202 Å². The van der Waals surface area contributed by atoms with Crippen LogP contribution < -0.4 is 10.1 Å². The highest BCUT2D eigenvalue weighted by molar-refractivity contribution is 6.04. The number of amides is 2. The number of hydrogen-bond acceptors (Lipinski definition) is 6. The number of aliphatic imine (C=N–C) groups is 2. The van der Waals surface area contributed by atoms with Crippen LogP contribution in [0.15, 0.2) is 52.7 Å². The summed E-state index contributed by atoms with van der Waals surface area (Å²) in [6.07, 6.45) is 3.33. The van der Waals surface area contributed by atoms with Crippen LogP contribution in [0.25, 0.3) is 11.3 Å². The van der Waals surface area contributed by atoms with E-state index in [-0.39, 0.29) is 17.9 Å². The van der Waals surface area contributed by atoms with Crippen molar-refractivity contribution in [2.24, 2.45) is 9.98 Å². The van der Waals surface area contributed by atoms with E-state index in [0.29, 0.717) is 38.5 Å². The van der Waals surface area contributed by atoms with E-state index < -0.39 is 0 Å². The van der Waals surface area contributed by atoms with Crippen molar-refractivity contribution in [3.63, 3.8) is 0 Å². The number of aromatic nitrogens is 3. The fourth-order valence-corrected chi connectivity index (χ4v) is 3.90. The van der Waals surface area contributed by atoms with Crippen LogP contribution in [-0.4, -0.2) is 83.7 Å². The Hall–Kier alpha value is -4.28. The summed E-state index contributed by atoms with van der Waals surface area (Å²) < 4.78 is 18.1. The van der Waals surface area contributed by atoms with E-state index >= 15 is 0 Å². The fraction of sp³-hybridized carbons (Fsp3) is 0.292. The number of rotatable bonds is 6. The molecule has 0 aliphatic carbocycles. The summed E-state index contributed by atoms with van der Waals surface area (Å²) in [4.78, 5) is 36.7. The third-order valence-corrected chi connectivity index (χ3v) is 5.75. The Morgan fingerprint density at radius 2 is 1.83 bits per heavy atom. The van der Waals surface area contributed by atoms with Crippen LogP contribution in [0.1, 0.15) is 11.1 Å². The molecule has 11 heteroatoms. The summed E-state index contributed by atoms with van der Waals surface area (Å²) >= 11 is 0. The number of aromatic amines is 1. The van der Waals surface area contributed by atoms with Gasteiger partial charge in [0.25, 0.3) is 0 Å². The molecule has 1 aliphatic heterocycles. The summed E-state index contributed by atoms with van der Waals surface area (Å²) in [5.41, 5.74) is 3.21. The molecule has 2 N–H and O–H groups in total. The summed E-state index contributed by atoms with van der Waals surface area (Å²) in [6, 6.07) is 8.16. The number of carbonyl (C=O) groups excluding carboxylic acids is 1. The van der Waals surface area contributed by atoms with Crippen molar-refractivity contribution < 1.29 is 13.9 Å². The zero-order valence-electron chi connectivity index (χ0n) is 19.7. The molecule has 10 nitrogen and oxygen atoms in total. The number of piperazine rings is 1. The largest absolute Gasteiger partial charge is 0.467 e. The number of methoxy groups -OCH3 is 1. The van der Waals surface area contributed by atoms with Gasteiger partial charge in [0.1, 0.15) is 17.5 Å². The van der Waals surface area contributed by atoms with Gasteiger partial charge in [0, 0.05) is 57.7 Å². The summed E-state index contributed by atoms with van der Waals surface area (Å²) in [6.45, 7) is 6.32. The summed E-state index contributed by atoms with van der Waals surface area (Å²) in [5.74, 6) is 1.05. The zero-order chi connectivity index (χ0) is 24.8. The highest BCUT2D eigenvalue weighted by atomic mass is 19.1. The first-order valence-electron chi connectivity index (χ1n) is 11.1. The Bertz CT molecular complexity index is 1200. The average Bonchev–Trinajstić information content (AvgIpc) is 3.33. The highest BCUT2D eigenvalue weighted by Gasteiger charge is 2.26. The van der Waals surface area contributed by atoms with E-state index in [0.717, 1.165) is 28.2 Å². The van der Waals surface area contributed by atoms with E-state index in [1.807, 2.05) is 6.07 Å². The normalized spacial score (nSPS) is 14.1. The minimum atomic E-state index is -0.300. The monoisotopic (exact) mass is 478 g/mol. The van der Waals surface area contributed by atoms with Gasteiger partial charge in [-0.05, 0) is 30.5 Å². The first-order chi connectivity index (χ1) is 17.0. The Kier molecular flexibility index (Phi) is 7.34. The first kappa shape index (κ1) is 23.9. The predicted molar refractivity (Wildman–Crippen MR) is 132 cm³/mol. The number of amidine groups is 1. The second-order valence-electron chi connectivity index (χ2n) is 7.87. The second-order valence-corrected chi connectivity index (χ2v) is 7.87. The van der Waals surface area contributed by atoms with Crippen LogP contribution in [-0.2, 0) is 6.54 Å². The van der Waals surface area contributed by atoms with Gasteiger partial charge in [-0.15, -0.1) is 0 Å². The molecule has 0 atom stereocenters. The molecule has 35 heavy (non-hydrogen) atoms. The molecular weight excluding hydrogens is 451 g/mol. The number of benzene rings is 1. The molecule has 0 saturated carbocycles. The number of halogens is 1. The Morgan fingerprint density at radius 1 is 1.17 bits per heavy atom. The first-order valence-corrected chi connectivity index (χ1v) is 11.1. The average molecular weight is 479 g/mol. The maximum atomic E-state index is 13.1. The lowest BCUT2D eigenvalue weighted by Crippen LogP contribution is -2.53. The van der Waals surface area contributed by atoms with Crippen LogP contribution in [0, 0.1) is 5.82 Å². The summed E-state index contributed by atoms with van der Waals surface area (Å²) in [5, 5.41) is 2.89. The molecule has 1 aliphatic rings. The lowest BCUT2D eigenvalue weighted by atomic mass is 10.2. The van der Waals surface area contributed by atoms with Crippen LogP contribution >= 0.6 is 0 Å². The Balaban J connectivity index is 1.40. The van der Waals surface area contributed by atoms with Gasteiger partial charge in [-0.2, -0.15) is 0 Å². The molecule has 0 bridgehead atoms. The number of urea groups is 1. The highest BCUT2D eigenvalue weighted by Crippen LogP contribution is 2.28. The van der Waals surface area contributed by atoms with Gasteiger partial charge in [0.15, 0.2) is 0 Å². The maximum Gasteiger partial charge on any atom is 0.317 e. The van der Waals surface area contributed by atoms with E-state index in [2.05, 4.69) is 41.9 Å². The molecule has 1 fully saturated rings. The molecule has 4 rings (SSSR count). The second kappa shape index (κ2) is 10.8. The molecule has 2 aromatic heterocycles. The number of nitrogens with zero attached hydrogens (tertiary/aromatic N) is 6.